The number of nitrogens with zero attached hydrogens (tertiary/aromatic N) is 3. The molecule has 7 rings (SSSR count). The van der Waals surface area contributed by atoms with Gasteiger partial charge in [-0.25, -0.2) is 0 Å². The average molecular weight is 584 g/mol. The number of aromatic nitrogens is 1. The Morgan fingerprint density at radius 2 is 1.55 bits per heavy atom. The van der Waals surface area contributed by atoms with Crippen LogP contribution in [0.25, 0.3) is 10.8 Å². The predicted octanol–water partition coefficient (Wildman–Crippen LogP) is 7.41. The molecular weight excluding hydrogens is 542 g/mol. The first-order chi connectivity index (χ1) is 21.1. The molecule has 44 heavy (non-hydrogen) atoms. The third-order valence-corrected chi connectivity index (χ3v) is 9.41. The summed E-state index contributed by atoms with van der Waals surface area (Å²) >= 11 is 0. The Kier molecular flexibility index (Phi) is 8.49. The number of hydrogen-bond donors (Lipinski definition) is 0. The summed E-state index contributed by atoms with van der Waals surface area (Å²) < 4.78 is 5.47. The van der Waals surface area contributed by atoms with E-state index < -0.39 is 0 Å². The van der Waals surface area contributed by atoms with E-state index in [2.05, 4.69) is 113 Å². The molecule has 0 bridgehead atoms. The van der Waals surface area contributed by atoms with Gasteiger partial charge in [-0.3, -0.25) is 14.7 Å². The molecule has 1 aromatic heterocycles. The average Bonchev–Trinajstić information content (AvgIpc) is 3.50. The van der Waals surface area contributed by atoms with Crippen molar-refractivity contribution in [2.24, 2.45) is 0 Å². The Bertz CT molecular complexity index is 1750. The molecule has 0 N–H and O–H groups in total. The van der Waals surface area contributed by atoms with Gasteiger partial charge in [0.05, 0.1) is 25.4 Å². The molecule has 0 saturated carbocycles. The van der Waals surface area contributed by atoms with E-state index in [1.165, 1.54) is 38.6 Å². The lowest BCUT2D eigenvalue weighted by Crippen LogP contribution is -2.53. The minimum absolute atomic E-state index is 0. The van der Waals surface area contributed by atoms with E-state index >= 15 is 0 Å². The number of rotatable bonds is 7. The van der Waals surface area contributed by atoms with Gasteiger partial charge in [-0.2, -0.15) is 0 Å². The molecule has 5 heteroatoms. The fraction of sp³-hybridized carbons (Fsp3) is 0.282. The van der Waals surface area contributed by atoms with Crippen LogP contribution in [0.4, 0.5) is 0 Å². The van der Waals surface area contributed by atoms with Crippen LogP contribution < -0.4 is 4.74 Å². The Morgan fingerprint density at radius 1 is 0.886 bits per heavy atom. The number of ether oxygens (including phenoxy) is 1. The molecule has 224 valence electrons. The smallest absolute Gasteiger partial charge is 0.240 e. The zero-order chi connectivity index (χ0) is 29.3. The molecule has 2 heterocycles. The monoisotopic (exact) mass is 583 g/mol. The first kappa shape index (κ1) is 29.6. The molecule has 4 aromatic carbocycles. The zero-order valence-corrected chi connectivity index (χ0v) is 24.8. The highest BCUT2D eigenvalue weighted by atomic mass is 16.5. The maximum absolute atomic E-state index is 14.8. The second kappa shape index (κ2) is 12.6. The van der Waals surface area contributed by atoms with E-state index in [-0.39, 0.29) is 31.5 Å². The van der Waals surface area contributed by atoms with Gasteiger partial charge in [-0.1, -0.05) is 98.4 Å². The van der Waals surface area contributed by atoms with Crippen LogP contribution in [-0.2, 0) is 30.6 Å². The summed E-state index contributed by atoms with van der Waals surface area (Å²) in [5.41, 5.74) is 7.56. The topological polar surface area (TPSA) is 45.7 Å². The lowest BCUT2D eigenvalue weighted by molar-refractivity contribution is -0.140. The highest BCUT2D eigenvalue weighted by Crippen LogP contribution is 2.40. The first-order valence-electron chi connectivity index (χ1n) is 15.3. The maximum Gasteiger partial charge on any atom is 0.240 e. The fourth-order valence-corrected chi connectivity index (χ4v) is 7.22. The van der Waals surface area contributed by atoms with Gasteiger partial charge in [0.1, 0.15) is 5.75 Å². The molecule has 5 nitrogen and oxygen atoms in total. The number of hydrogen-bond acceptors (Lipinski definition) is 4. The number of pyridine rings is 1. The molecule has 0 radical (unpaired) electrons. The molecule has 1 amide bonds. The summed E-state index contributed by atoms with van der Waals surface area (Å²) in [6, 6.07) is 34.3. The van der Waals surface area contributed by atoms with Crippen molar-refractivity contribution in [3.05, 3.63) is 143 Å². The van der Waals surface area contributed by atoms with Gasteiger partial charge in [-0.15, -0.1) is 0 Å². The van der Waals surface area contributed by atoms with Crippen molar-refractivity contribution in [2.45, 2.75) is 58.3 Å². The van der Waals surface area contributed by atoms with Gasteiger partial charge in [0.2, 0.25) is 5.91 Å². The van der Waals surface area contributed by atoms with E-state index in [1.54, 1.807) is 13.3 Å². The maximum atomic E-state index is 14.8. The van der Waals surface area contributed by atoms with Crippen LogP contribution in [0.2, 0.25) is 0 Å². The summed E-state index contributed by atoms with van der Waals surface area (Å²) in [5.74, 6) is 0.863. The second-order valence-electron chi connectivity index (χ2n) is 11.9. The highest BCUT2D eigenvalue weighted by molar-refractivity contribution is 5.87. The number of fused-ring (bicyclic) bond motifs is 3. The minimum Gasteiger partial charge on any atom is -0.495 e. The summed E-state index contributed by atoms with van der Waals surface area (Å²) in [6.45, 7) is 3.42. The normalized spacial score (nSPS) is 16.9. The fourth-order valence-electron chi connectivity index (χ4n) is 7.22. The Labute approximate surface area is 261 Å². The third kappa shape index (κ3) is 5.48. The van der Waals surface area contributed by atoms with Crippen LogP contribution in [-0.4, -0.2) is 46.4 Å². The molecule has 0 spiro atoms. The number of carbonyl (C=O) groups excluding carboxylic acids is 1. The quantitative estimate of drug-likeness (QED) is 0.200. The zero-order valence-electron chi connectivity index (χ0n) is 24.8. The van der Waals surface area contributed by atoms with Crippen molar-refractivity contribution in [1.29, 1.82) is 0 Å². The summed E-state index contributed by atoms with van der Waals surface area (Å²) in [7, 11) is 1.65. The standard InChI is InChI=1S/C38H37N3O2.CH4/c1-26(38(42)41(25-27-20-33(43-2)24-39-23-27)32-21-30-12-3-4-13-31(30)22-32)40-19-18-29-11-6-8-16-35(29)37(40)36-17-9-14-28-10-5-7-15-34(28)36;/h3-17,20,23-24,26,32,37H,18-19,21-22,25H2,1-2H3;1H4/t26-,37+;/m0./s1. The van der Waals surface area contributed by atoms with E-state index in [9.17, 15) is 4.79 Å². The van der Waals surface area contributed by atoms with Crippen molar-refractivity contribution in [2.75, 3.05) is 13.7 Å². The number of benzene rings is 4. The van der Waals surface area contributed by atoms with Crippen molar-refractivity contribution in [3.63, 3.8) is 0 Å². The molecule has 0 fully saturated rings. The number of methoxy groups -OCH3 is 1. The molecule has 2 atom stereocenters. The van der Waals surface area contributed by atoms with Gasteiger partial charge in [0.15, 0.2) is 0 Å². The van der Waals surface area contributed by atoms with Crippen LogP contribution in [0.5, 0.6) is 5.75 Å². The molecule has 5 aromatic rings. The van der Waals surface area contributed by atoms with E-state index in [0.717, 1.165) is 31.4 Å². The van der Waals surface area contributed by atoms with Crippen LogP contribution in [0.3, 0.4) is 0 Å². The molecule has 2 aliphatic rings. The second-order valence-corrected chi connectivity index (χ2v) is 11.9. The third-order valence-electron chi connectivity index (χ3n) is 9.41. The van der Waals surface area contributed by atoms with Crippen molar-refractivity contribution >= 4 is 16.7 Å². The van der Waals surface area contributed by atoms with E-state index in [4.69, 9.17) is 4.74 Å². The Hall–Kier alpha value is -4.48. The van der Waals surface area contributed by atoms with Gasteiger partial charge in [-0.05, 0) is 76.4 Å². The minimum atomic E-state index is -0.320. The summed E-state index contributed by atoms with van der Waals surface area (Å²) in [6.07, 6.45) is 6.21. The van der Waals surface area contributed by atoms with Gasteiger partial charge < -0.3 is 9.64 Å². The molecule has 0 saturated heterocycles. The van der Waals surface area contributed by atoms with Crippen LogP contribution in [0, 0.1) is 0 Å². The van der Waals surface area contributed by atoms with E-state index in [1.807, 2.05) is 12.3 Å². The van der Waals surface area contributed by atoms with Gasteiger partial charge in [0, 0.05) is 25.3 Å². The molecule has 1 aliphatic heterocycles. The first-order valence-corrected chi connectivity index (χ1v) is 15.3. The molecular formula is C39H41N3O2. The van der Waals surface area contributed by atoms with E-state index in [0.29, 0.717) is 12.3 Å². The summed E-state index contributed by atoms with van der Waals surface area (Å²) in [4.78, 5) is 23.8. The summed E-state index contributed by atoms with van der Waals surface area (Å²) in [5, 5.41) is 2.46. The highest BCUT2D eigenvalue weighted by Gasteiger charge is 2.39. The number of amides is 1. The number of carbonyl (C=O) groups is 1. The van der Waals surface area contributed by atoms with Crippen LogP contribution in [0.15, 0.2) is 109 Å². The predicted molar refractivity (Wildman–Crippen MR) is 178 cm³/mol. The molecule has 0 unspecified atom stereocenters. The van der Waals surface area contributed by atoms with Gasteiger partial charge in [0.25, 0.3) is 0 Å². The largest absolute Gasteiger partial charge is 0.495 e. The Morgan fingerprint density at radius 3 is 2.32 bits per heavy atom. The van der Waals surface area contributed by atoms with Crippen molar-refractivity contribution in [1.82, 2.24) is 14.8 Å². The van der Waals surface area contributed by atoms with Crippen LogP contribution >= 0.6 is 0 Å². The lowest BCUT2D eigenvalue weighted by Gasteiger charge is -2.43. The lowest BCUT2D eigenvalue weighted by atomic mass is 9.85. The van der Waals surface area contributed by atoms with Gasteiger partial charge >= 0.3 is 0 Å². The van der Waals surface area contributed by atoms with Crippen molar-refractivity contribution in [3.8, 4) is 5.75 Å². The SMILES string of the molecule is C.COc1cncc(CN(C(=O)[C@H](C)N2CCc3ccccc3[C@@H]2c2cccc3ccccc23)C2Cc3ccccc3C2)c1. The van der Waals surface area contributed by atoms with Crippen molar-refractivity contribution < 1.29 is 9.53 Å². The van der Waals surface area contributed by atoms with Crippen LogP contribution in [0.1, 0.15) is 53.8 Å². The Balaban J connectivity index is 0.00000343. The molecule has 1 aliphatic carbocycles.